The molecule has 1 aromatic heterocycles. The van der Waals surface area contributed by atoms with E-state index in [2.05, 4.69) is 41.4 Å². The third-order valence-electron chi connectivity index (χ3n) is 6.66. The summed E-state index contributed by atoms with van der Waals surface area (Å²) in [5.41, 5.74) is 2.47. The van der Waals surface area contributed by atoms with Crippen LogP contribution in [-0.2, 0) is 17.9 Å². The van der Waals surface area contributed by atoms with Gasteiger partial charge in [-0.05, 0) is 67.3 Å². The summed E-state index contributed by atoms with van der Waals surface area (Å²) >= 11 is 1.47. The molecule has 0 saturated carbocycles. The first kappa shape index (κ1) is 22.0. The van der Waals surface area contributed by atoms with Gasteiger partial charge in [0.1, 0.15) is 0 Å². The number of rotatable bonds is 6. The second-order valence-corrected chi connectivity index (χ2v) is 9.98. The molecule has 0 unspecified atom stereocenters. The zero-order chi connectivity index (χ0) is 21.6. The van der Waals surface area contributed by atoms with Crippen LogP contribution in [0.1, 0.15) is 53.4 Å². The van der Waals surface area contributed by atoms with Gasteiger partial charge in [-0.2, -0.15) is 0 Å². The molecule has 6 heteroatoms. The van der Waals surface area contributed by atoms with Crippen LogP contribution in [0.25, 0.3) is 0 Å². The minimum atomic E-state index is -0.00634. The molecule has 4 rings (SSSR count). The van der Waals surface area contributed by atoms with Crippen LogP contribution in [0.2, 0.25) is 0 Å². The van der Waals surface area contributed by atoms with Gasteiger partial charge in [-0.1, -0.05) is 37.3 Å². The Hall–Kier alpha value is -2.18. The first-order chi connectivity index (χ1) is 15.1. The van der Waals surface area contributed by atoms with Gasteiger partial charge in [-0.25, -0.2) is 0 Å². The first-order valence-electron chi connectivity index (χ1n) is 11.5. The minimum absolute atomic E-state index is 0.00634. The Morgan fingerprint density at radius 1 is 0.968 bits per heavy atom. The summed E-state index contributed by atoms with van der Waals surface area (Å²) in [6.45, 7) is 7.61. The van der Waals surface area contributed by atoms with Crippen molar-refractivity contribution in [2.24, 2.45) is 11.8 Å². The molecule has 2 aliphatic heterocycles. The summed E-state index contributed by atoms with van der Waals surface area (Å²) in [5.74, 6) is 1.05. The molecule has 31 heavy (non-hydrogen) atoms. The Morgan fingerprint density at radius 2 is 1.65 bits per heavy atom. The summed E-state index contributed by atoms with van der Waals surface area (Å²) in [6, 6.07) is 12.4. The lowest BCUT2D eigenvalue weighted by atomic mass is 9.95. The maximum Gasteiger partial charge on any atom is 0.263 e. The molecule has 2 saturated heterocycles. The summed E-state index contributed by atoms with van der Waals surface area (Å²) in [4.78, 5) is 30.2. The molecule has 1 aromatic carbocycles. The predicted molar refractivity (Wildman–Crippen MR) is 125 cm³/mol. The summed E-state index contributed by atoms with van der Waals surface area (Å²) < 4.78 is 0. The number of nitrogens with zero attached hydrogens (tertiary/aromatic N) is 2. The Morgan fingerprint density at radius 3 is 2.29 bits per heavy atom. The van der Waals surface area contributed by atoms with Crippen LogP contribution in [0.5, 0.6) is 0 Å². The maximum atomic E-state index is 12.6. The number of hydrogen-bond donors (Lipinski definition) is 1. The van der Waals surface area contributed by atoms with Crippen molar-refractivity contribution in [3.63, 3.8) is 0 Å². The van der Waals surface area contributed by atoms with E-state index in [-0.39, 0.29) is 17.7 Å². The number of carbonyl (C=O) groups is 2. The maximum absolute atomic E-state index is 12.6. The fraction of sp³-hybridized carbons (Fsp3) is 0.520. The van der Waals surface area contributed by atoms with E-state index in [9.17, 15) is 9.59 Å². The highest BCUT2D eigenvalue weighted by atomic mass is 32.1. The number of hydrogen-bond acceptors (Lipinski definition) is 4. The van der Waals surface area contributed by atoms with Gasteiger partial charge in [-0.15, -0.1) is 11.3 Å². The molecule has 5 nitrogen and oxygen atoms in total. The monoisotopic (exact) mass is 439 g/mol. The van der Waals surface area contributed by atoms with Crippen LogP contribution < -0.4 is 5.32 Å². The summed E-state index contributed by atoms with van der Waals surface area (Å²) in [7, 11) is 0. The van der Waals surface area contributed by atoms with Crippen LogP contribution >= 0.6 is 11.3 Å². The van der Waals surface area contributed by atoms with Gasteiger partial charge in [0.25, 0.3) is 5.91 Å². The van der Waals surface area contributed by atoms with E-state index in [1.807, 2.05) is 22.4 Å². The molecule has 0 radical (unpaired) electrons. The highest BCUT2D eigenvalue weighted by Crippen LogP contribution is 2.21. The van der Waals surface area contributed by atoms with Crippen molar-refractivity contribution >= 4 is 23.2 Å². The molecular weight excluding hydrogens is 406 g/mol. The number of amides is 2. The lowest BCUT2D eigenvalue weighted by Gasteiger charge is -2.31. The molecule has 2 fully saturated rings. The van der Waals surface area contributed by atoms with Gasteiger partial charge in [0.2, 0.25) is 5.91 Å². The molecule has 166 valence electrons. The zero-order valence-corrected chi connectivity index (χ0v) is 19.2. The second kappa shape index (κ2) is 10.4. The van der Waals surface area contributed by atoms with Crippen LogP contribution in [0, 0.1) is 11.8 Å². The lowest BCUT2D eigenvalue weighted by Crippen LogP contribution is -2.42. The SMILES string of the molecule is CC1CCN(Cc2ccc(CNC(=O)C3CCN(C(=O)c4cccs4)CC3)cc2)CC1. The van der Waals surface area contributed by atoms with Crippen molar-refractivity contribution in [3.05, 3.63) is 57.8 Å². The molecular formula is C25H33N3O2S. The van der Waals surface area contributed by atoms with Crippen molar-refractivity contribution in [1.29, 1.82) is 0 Å². The number of thiophene rings is 1. The molecule has 0 aliphatic carbocycles. The Bertz CT molecular complexity index is 849. The first-order valence-corrected chi connectivity index (χ1v) is 12.4. The molecule has 2 aromatic rings. The van der Waals surface area contributed by atoms with E-state index in [4.69, 9.17) is 0 Å². The van der Waals surface area contributed by atoms with Crippen LogP contribution in [0.4, 0.5) is 0 Å². The van der Waals surface area contributed by atoms with Crippen molar-refractivity contribution in [2.75, 3.05) is 26.2 Å². The van der Waals surface area contributed by atoms with Gasteiger partial charge in [0, 0.05) is 32.1 Å². The van der Waals surface area contributed by atoms with Gasteiger partial charge in [-0.3, -0.25) is 14.5 Å². The largest absolute Gasteiger partial charge is 0.352 e. The second-order valence-electron chi connectivity index (χ2n) is 9.04. The van der Waals surface area contributed by atoms with E-state index >= 15 is 0 Å². The van der Waals surface area contributed by atoms with Gasteiger partial charge in [0.05, 0.1) is 4.88 Å². The fourth-order valence-corrected chi connectivity index (χ4v) is 5.17. The lowest BCUT2D eigenvalue weighted by molar-refractivity contribution is -0.126. The third kappa shape index (κ3) is 5.95. The smallest absolute Gasteiger partial charge is 0.263 e. The standard InChI is InChI=1S/C25H33N3O2S/c1-19-8-12-27(13-9-19)18-21-6-4-20(5-7-21)17-26-24(29)22-10-14-28(15-11-22)25(30)23-3-2-16-31-23/h2-7,16,19,22H,8-15,17-18H2,1H3,(H,26,29). The van der Waals surface area contributed by atoms with E-state index < -0.39 is 0 Å². The molecule has 2 amide bonds. The average molecular weight is 440 g/mol. The normalized spacial score (nSPS) is 18.8. The number of nitrogens with one attached hydrogen (secondary N) is 1. The van der Waals surface area contributed by atoms with E-state index in [0.717, 1.165) is 35.7 Å². The van der Waals surface area contributed by atoms with Crippen molar-refractivity contribution in [3.8, 4) is 0 Å². The molecule has 0 bridgehead atoms. The highest BCUT2D eigenvalue weighted by molar-refractivity contribution is 7.12. The van der Waals surface area contributed by atoms with Crippen LogP contribution in [0.15, 0.2) is 41.8 Å². The van der Waals surface area contributed by atoms with E-state index in [1.165, 1.54) is 42.8 Å². The number of carbonyl (C=O) groups excluding carboxylic acids is 2. The Balaban J connectivity index is 1.19. The molecule has 0 spiro atoms. The minimum Gasteiger partial charge on any atom is -0.352 e. The van der Waals surface area contributed by atoms with Crippen LogP contribution in [-0.4, -0.2) is 47.8 Å². The Labute approximate surface area is 189 Å². The van der Waals surface area contributed by atoms with Gasteiger partial charge >= 0.3 is 0 Å². The zero-order valence-electron chi connectivity index (χ0n) is 18.4. The van der Waals surface area contributed by atoms with Crippen molar-refractivity contribution in [1.82, 2.24) is 15.1 Å². The number of piperidine rings is 2. The summed E-state index contributed by atoms with van der Waals surface area (Å²) in [5, 5.41) is 5.02. The van der Waals surface area contributed by atoms with E-state index in [0.29, 0.717) is 19.6 Å². The van der Waals surface area contributed by atoms with E-state index in [1.54, 1.807) is 0 Å². The van der Waals surface area contributed by atoms with Crippen molar-refractivity contribution < 1.29 is 9.59 Å². The van der Waals surface area contributed by atoms with Gasteiger partial charge in [0.15, 0.2) is 0 Å². The highest BCUT2D eigenvalue weighted by Gasteiger charge is 2.28. The van der Waals surface area contributed by atoms with Crippen LogP contribution in [0.3, 0.4) is 0 Å². The molecule has 2 aliphatic rings. The number of likely N-dealkylation sites (tertiary alicyclic amines) is 2. The van der Waals surface area contributed by atoms with Crippen molar-refractivity contribution in [2.45, 2.75) is 45.7 Å². The molecule has 0 atom stereocenters. The number of benzene rings is 1. The topological polar surface area (TPSA) is 52.7 Å². The Kier molecular flexibility index (Phi) is 7.41. The predicted octanol–water partition coefficient (Wildman–Crippen LogP) is 4.15. The quantitative estimate of drug-likeness (QED) is 0.736. The fourth-order valence-electron chi connectivity index (χ4n) is 4.48. The van der Waals surface area contributed by atoms with Gasteiger partial charge < -0.3 is 10.2 Å². The third-order valence-corrected chi connectivity index (χ3v) is 7.51. The summed E-state index contributed by atoms with van der Waals surface area (Å²) in [6.07, 6.45) is 4.06. The molecule has 3 heterocycles. The molecule has 1 N–H and O–H groups in total. The average Bonchev–Trinajstić information content (AvgIpc) is 3.34.